The number of aryl methyl sites for hydroxylation is 1. The topological polar surface area (TPSA) is 12.0 Å². The molecule has 0 radical (unpaired) electrons. The van der Waals surface area contributed by atoms with Crippen LogP contribution in [0.2, 0.25) is 5.02 Å². The molecule has 1 unspecified atom stereocenters. The van der Waals surface area contributed by atoms with Gasteiger partial charge in [-0.05, 0) is 43.0 Å². The highest BCUT2D eigenvalue weighted by Crippen LogP contribution is 2.24. The number of rotatable bonds is 4. The number of halogens is 2. The maximum absolute atomic E-state index is 13.3. The monoisotopic (exact) mass is 257 g/mol. The molecule has 17 heavy (non-hydrogen) atoms. The predicted octanol–water partition coefficient (Wildman–Crippen LogP) is 4.05. The molecule has 1 rings (SSSR count). The summed E-state index contributed by atoms with van der Waals surface area (Å²) in [6, 6.07) is 5.46. The van der Waals surface area contributed by atoms with Crippen molar-refractivity contribution in [3.05, 3.63) is 34.6 Å². The van der Waals surface area contributed by atoms with Crippen molar-refractivity contribution < 1.29 is 4.39 Å². The average Bonchev–Trinajstić information content (AvgIpc) is 2.22. The van der Waals surface area contributed by atoms with Gasteiger partial charge in [0.1, 0.15) is 5.82 Å². The first-order valence-corrected chi connectivity index (χ1v) is 6.33. The lowest BCUT2D eigenvalue weighted by atomic mass is 9.83. The van der Waals surface area contributed by atoms with Crippen molar-refractivity contribution >= 4 is 11.6 Å². The first kappa shape index (κ1) is 14.5. The summed E-state index contributed by atoms with van der Waals surface area (Å²) in [5, 5.41) is 3.51. The Bertz CT molecular complexity index is 371. The molecule has 1 aromatic rings. The Morgan fingerprint density at radius 2 is 2.00 bits per heavy atom. The fraction of sp³-hybridized carbons (Fsp3) is 0.571. The number of hydrogen-bond acceptors (Lipinski definition) is 1. The van der Waals surface area contributed by atoms with Crippen molar-refractivity contribution in [2.45, 2.75) is 39.7 Å². The van der Waals surface area contributed by atoms with Gasteiger partial charge in [0, 0.05) is 6.04 Å². The van der Waals surface area contributed by atoms with Crippen LogP contribution in [0.1, 0.15) is 32.8 Å². The second-order valence-electron chi connectivity index (χ2n) is 5.49. The molecule has 0 aliphatic rings. The van der Waals surface area contributed by atoms with Crippen molar-refractivity contribution in [1.29, 1.82) is 0 Å². The number of benzene rings is 1. The summed E-state index contributed by atoms with van der Waals surface area (Å²) in [7, 11) is 1.97. The Morgan fingerprint density at radius 3 is 2.47 bits per heavy atom. The van der Waals surface area contributed by atoms with Crippen LogP contribution in [-0.4, -0.2) is 13.1 Å². The predicted molar refractivity (Wildman–Crippen MR) is 72.0 cm³/mol. The molecule has 0 spiro atoms. The molecule has 0 aliphatic heterocycles. The van der Waals surface area contributed by atoms with Gasteiger partial charge in [0.25, 0.3) is 0 Å². The van der Waals surface area contributed by atoms with Crippen LogP contribution in [0.15, 0.2) is 18.2 Å². The van der Waals surface area contributed by atoms with Crippen LogP contribution >= 0.6 is 11.6 Å². The Hall–Kier alpha value is -0.600. The second kappa shape index (κ2) is 5.83. The fourth-order valence-corrected chi connectivity index (χ4v) is 2.13. The minimum atomic E-state index is -0.332. The zero-order chi connectivity index (χ0) is 13.1. The fourth-order valence-electron chi connectivity index (χ4n) is 2.02. The molecular formula is C14H21ClFN. The summed E-state index contributed by atoms with van der Waals surface area (Å²) in [5.74, 6) is -0.332. The van der Waals surface area contributed by atoms with Crippen molar-refractivity contribution in [3.8, 4) is 0 Å². The first-order chi connectivity index (χ1) is 7.84. The van der Waals surface area contributed by atoms with Gasteiger partial charge in [0.15, 0.2) is 0 Å². The average molecular weight is 258 g/mol. The largest absolute Gasteiger partial charge is 0.316 e. The number of hydrogen-bond donors (Lipinski definition) is 1. The van der Waals surface area contributed by atoms with E-state index in [-0.39, 0.29) is 16.3 Å². The molecular weight excluding hydrogens is 237 g/mol. The molecule has 0 saturated carbocycles. The van der Waals surface area contributed by atoms with Gasteiger partial charge in [-0.2, -0.15) is 0 Å². The Morgan fingerprint density at radius 1 is 1.35 bits per heavy atom. The van der Waals surface area contributed by atoms with Crippen LogP contribution in [0.3, 0.4) is 0 Å². The van der Waals surface area contributed by atoms with Gasteiger partial charge in [0.2, 0.25) is 0 Å². The van der Waals surface area contributed by atoms with E-state index >= 15 is 0 Å². The molecule has 0 bridgehead atoms. The van der Waals surface area contributed by atoms with Gasteiger partial charge in [0.05, 0.1) is 5.02 Å². The minimum absolute atomic E-state index is 0.190. The molecule has 0 amide bonds. The van der Waals surface area contributed by atoms with Crippen LogP contribution in [0.25, 0.3) is 0 Å². The molecule has 0 aliphatic carbocycles. The molecule has 0 heterocycles. The van der Waals surface area contributed by atoms with E-state index in [0.29, 0.717) is 6.04 Å². The van der Waals surface area contributed by atoms with E-state index in [0.717, 1.165) is 18.4 Å². The van der Waals surface area contributed by atoms with E-state index in [1.807, 2.05) is 13.1 Å². The van der Waals surface area contributed by atoms with Gasteiger partial charge in [-0.15, -0.1) is 0 Å². The van der Waals surface area contributed by atoms with Gasteiger partial charge < -0.3 is 5.32 Å². The van der Waals surface area contributed by atoms with Crippen molar-refractivity contribution in [2.75, 3.05) is 7.05 Å². The third-order valence-corrected chi connectivity index (χ3v) is 3.41. The molecule has 1 N–H and O–H groups in total. The van der Waals surface area contributed by atoms with E-state index < -0.39 is 0 Å². The maximum atomic E-state index is 13.3. The molecule has 0 fully saturated rings. The Labute approximate surface area is 108 Å². The zero-order valence-electron chi connectivity index (χ0n) is 11.0. The van der Waals surface area contributed by atoms with Crippen molar-refractivity contribution in [3.63, 3.8) is 0 Å². The summed E-state index contributed by atoms with van der Waals surface area (Å²) in [5.41, 5.74) is 1.20. The maximum Gasteiger partial charge on any atom is 0.142 e. The highest BCUT2D eigenvalue weighted by atomic mass is 35.5. The quantitative estimate of drug-likeness (QED) is 0.858. The van der Waals surface area contributed by atoms with E-state index in [2.05, 4.69) is 26.1 Å². The Balaban J connectivity index is 2.63. The van der Waals surface area contributed by atoms with Crippen LogP contribution < -0.4 is 5.32 Å². The normalized spacial score (nSPS) is 13.8. The third-order valence-electron chi connectivity index (χ3n) is 3.10. The van der Waals surface area contributed by atoms with Crippen molar-refractivity contribution in [2.24, 2.45) is 5.41 Å². The van der Waals surface area contributed by atoms with E-state index in [1.165, 1.54) is 6.07 Å². The van der Waals surface area contributed by atoms with Gasteiger partial charge >= 0.3 is 0 Å². The van der Waals surface area contributed by atoms with Crippen molar-refractivity contribution in [1.82, 2.24) is 5.32 Å². The Kier molecular flexibility index (Phi) is 4.96. The SMILES string of the molecule is CNC(CCc1ccc(Cl)c(F)c1)C(C)(C)C. The standard InChI is InChI=1S/C14H21ClFN/c1-14(2,3)13(17-4)8-6-10-5-7-11(15)12(16)9-10/h5,7,9,13,17H,6,8H2,1-4H3. The lowest BCUT2D eigenvalue weighted by molar-refractivity contribution is 0.268. The van der Waals surface area contributed by atoms with Crippen LogP contribution in [0.4, 0.5) is 4.39 Å². The molecule has 3 heteroatoms. The summed E-state index contributed by atoms with van der Waals surface area (Å²) < 4.78 is 13.3. The second-order valence-corrected chi connectivity index (χ2v) is 5.90. The molecule has 0 aromatic heterocycles. The van der Waals surface area contributed by atoms with Gasteiger partial charge in [-0.25, -0.2) is 4.39 Å². The molecule has 96 valence electrons. The molecule has 1 atom stereocenters. The lowest BCUT2D eigenvalue weighted by Crippen LogP contribution is -2.38. The third kappa shape index (κ3) is 4.29. The summed E-state index contributed by atoms with van der Waals surface area (Å²) >= 11 is 5.66. The van der Waals surface area contributed by atoms with Crippen LogP contribution in [0.5, 0.6) is 0 Å². The van der Waals surface area contributed by atoms with Gasteiger partial charge in [-0.3, -0.25) is 0 Å². The zero-order valence-corrected chi connectivity index (χ0v) is 11.7. The summed E-state index contributed by atoms with van der Waals surface area (Å²) in [4.78, 5) is 0. The summed E-state index contributed by atoms with van der Waals surface area (Å²) in [6.07, 6.45) is 1.85. The van der Waals surface area contributed by atoms with E-state index in [1.54, 1.807) is 6.07 Å². The van der Waals surface area contributed by atoms with Crippen LogP contribution in [-0.2, 0) is 6.42 Å². The summed E-state index contributed by atoms with van der Waals surface area (Å²) in [6.45, 7) is 6.61. The first-order valence-electron chi connectivity index (χ1n) is 5.96. The molecule has 0 saturated heterocycles. The van der Waals surface area contributed by atoms with E-state index in [9.17, 15) is 4.39 Å². The van der Waals surface area contributed by atoms with Gasteiger partial charge in [-0.1, -0.05) is 38.4 Å². The van der Waals surface area contributed by atoms with Crippen LogP contribution in [0, 0.1) is 11.2 Å². The molecule has 1 nitrogen and oxygen atoms in total. The lowest BCUT2D eigenvalue weighted by Gasteiger charge is -2.30. The smallest absolute Gasteiger partial charge is 0.142 e. The highest BCUT2D eigenvalue weighted by molar-refractivity contribution is 6.30. The highest BCUT2D eigenvalue weighted by Gasteiger charge is 2.22. The molecule has 1 aromatic carbocycles. The minimum Gasteiger partial charge on any atom is -0.316 e. The van der Waals surface area contributed by atoms with E-state index in [4.69, 9.17) is 11.6 Å². The number of nitrogens with one attached hydrogen (secondary N) is 1.